The maximum absolute atomic E-state index is 11.3. The molecule has 1 rings (SSSR count). The van der Waals surface area contributed by atoms with Gasteiger partial charge in [-0.05, 0) is 38.1 Å². The molecular weight excluding hydrogens is 228 g/mol. The fourth-order valence-electron chi connectivity index (χ4n) is 1.28. The number of hydrogen-bond donors (Lipinski definition) is 2. The molecule has 16 heavy (non-hydrogen) atoms. The van der Waals surface area contributed by atoms with Crippen molar-refractivity contribution in [3.8, 4) is 0 Å². The molecule has 1 aliphatic rings. The molecule has 1 saturated carbocycles. The zero-order valence-electron chi connectivity index (χ0n) is 9.65. The molecule has 0 radical (unpaired) electrons. The van der Waals surface area contributed by atoms with Crippen LogP contribution >= 0.6 is 0 Å². The summed E-state index contributed by atoms with van der Waals surface area (Å²) in [5, 5.41) is 0. The number of sulfonamides is 1. The van der Waals surface area contributed by atoms with Crippen molar-refractivity contribution in [2.45, 2.75) is 25.7 Å². The van der Waals surface area contributed by atoms with Crippen LogP contribution < -0.4 is 10.5 Å². The van der Waals surface area contributed by atoms with Gasteiger partial charge in [0.25, 0.3) is 0 Å². The molecular formula is C10H22N2O3S. The Kier molecular flexibility index (Phi) is 6.26. The van der Waals surface area contributed by atoms with E-state index in [2.05, 4.69) is 4.72 Å². The van der Waals surface area contributed by atoms with E-state index in [1.807, 2.05) is 0 Å². The molecule has 0 aromatic carbocycles. The summed E-state index contributed by atoms with van der Waals surface area (Å²) >= 11 is 0. The standard InChI is InChI=1S/C10H22N2O3S/c11-5-1-8-16(13,14)12-6-2-7-15-9-10-3-4-10/h10,12H,1-9,11H2. The SMILES string of the molecule is NCCCS(=O)(=O)NCCCOCC1CC1. The number of rotatable bonds is 10. The predicted octanol–water partition coefficient (Wildman–Crippen LogP) is 0.0713. The number of nitrogens with one attached hydrogen (secondary N) is 1. The topological polar surface area (TPSA) is 81.4 Å². The lowest BCUT2D eigenvalue weighted by molar-refractivity contribution is 0.123. The highest BCUT2D eigenvalue weighted by molar-refractivity contribution is 7.89. The van der Waals surface area contributed by atoms with Crippen LogP contribution in [-0.4, -0.2) is 40.5 Å². The lowest BCUT2D eigenvalue weighted by Crippen LogP contribution is -2.29. The van der Waals surface area contributed by atoms with Crippen LogP contribution in [0.25, 0.3) is 0 Å². The van der Waals surface area contributed by atoms with Crippen molar-refractivity contribution in [3.05, 3.63) is 0 Å². The summed E-state index contributed by atoms with van der Waals surface area (Å²) in [5.74, 6) is 0.883. The first kappa shape index (κ1) is 13.9. The molecule has 0 aromatic heterocycles. The Labute approximate surface area is 97.8 Å². The highest BCUT2D eigenvalue weighted by atomic mass is 32.2. The molecule has 0 unspecified atom stereocenters. The molecule has 0 bridgehead atoms. The molecule has 1 aliphatic carbocycles. The highest BCUT2D eigenvalue weighted by Gasteiger charge is 2.20. The van der Waals surface area contributed by atoms with Crippen molar-refractivity contribution in [2.24, 2.45) is 11.7 Å². The van der Waals surface area contributed by atoms with E-state index in [1.54, 1.807) is 0 Å². The van der Waals surface area contributed by atoms with E-state index in [-0.39, 0.29) is 5.75 Å². The molecule has 0 heterocycles. The molecule has 0 aromatic rings. The van der Waals surface area contributed by atoms with Crippen molar-refractivity contribution in [2.75, 3.05) is 32.1 Å². The molecule has 0 amide bonds. The van der Waals surface area contributed by atoms with Crippen LogP contribution in [-0.2, 0) is 14.8 Å². The fraction of sp³-hybridized carbons (Fsp3) is 1.00. The van der Waals surface area contributed by atoms with Gasteiger partial charge in [-0.2, -0.15) is 0 Å². The third kappa shape index (κ3) is 7.16. The molecule has 5 nitrogen and oxygen atoms in total. The van der Waals surface area contributed by atoms with Crippen molar-refractivity contribution >= 4 is 10.0 Å². The van der Waals surface area contributed by atoms with E-state index < -0.39 is 10.0 Å². The van der Waals surface area contributed by atoms with Gasteiger partial charge in [0.1, 0.15) is 0 Å². The van der Waals surface area contributed by atoms with Gasteiger partial charge < -0.3 is 10.5 Å². The van der Waals surface area contributed by atoms with Gasteiger partial charge in [-0.25, -0.2) is 13.1 Å². The number of nitrogens with two attached hydrogens (primary N) is 1. The maximum Gasteiger partial charge on any atom is 0.211 e. The van der Waals surface area contributed by atoms with Gasteiger partial charge in [-0.3, -0.25) is 0 Å². The minimum Gasteiger partial charge on any atom is -0.381 e. The Hall–Kier alpha value is -0.170. The average Bonchev–Trinajstić information content (AvgIpc) is 3.04. The highest BCUT2D eigenvalue weighted by Crippen LogP contribution is 2.28. The summed E-state index contributed by atoms with van der Waals surface area (Å²) in [6.07, 6.45) is 3.81. The third-order valence-corrected chi connectivity index (χ3v) is 3.93. The second kappa shape index (κ2) is 7.21. The number of hydrogen-bond acceptors (Lipinski definition) is 4. The normalized spacial score (nSPS) is 16.6. The Bertz CT molecular complexity index is 276. The first-order chi connectivity index (χ1) is 7.64. The van der Waals surface area contributed by atoms with E-state index in [0.29, 0.717) is 26.1 Å². The molecule has 3 N–H and O–H groups in total. The summed E-state index contributed by atoms with van der Waals surface area (Å²) in [6, 6.07) is 0. The van der Waals surface area contributed by atoms with Crippen molar-refractivity contribution in [1.82, 2.24) is 4.72 Å². The number of ether oxygens (including phenoxy) is 1. The lowest BCUT2D eigenvalue weighted by Gasteiger charge is -2.06. The zero-order chi connectivity index (χ0) is 11.9. The van der Waals surface area contributed by atoms with Crippen LogP contribution in [0.2, 0.25) is 0 Å². The molecule has 6 heteroatoms. The molecule has 0 atom stereocenters. The van der Waals surface area contributed by atoms with Crippen molar-refractivity contribution in [3.63, 3.8) is 0 Å². The van der Waals surface area contributed by atoms with Gasteiger partial charge >= 0.3 is 0 Å². The van der Waals surface area contributed by atoms with Gasteiger partial charge in [0.05, 0.1) is 5.75 Å². The zero-order valence-corrected chi connectivity index (χ0v) is 10.5. The summed E-state index contributed by atoms with van der Waals surface area (Å²) < 4.78 is 30.6. The summed E-state index contributed by atoms with van der Waals surface area (Å²) in [7, 11) is -3.12. The van der Waals surface area contributed by atoms with Gasteiger partial charge in [-0.15, -0.1) is 0 Å². The first-order valence-corrected chi connectivity index (χ1v) is 7.54. The Morgan fingerprint density at radius 2 is 2.06 bits per heavy atom. The van der Waals surface area contributed by atoms with E-state index >= 15 is 0 Å². The predicted molar refractivity (Wildman–Crippen MR) is 63.6 cm³/mol. The second-order valence-corrected chi connectivity index (χ2v) is 6.15. The molecule has 1 fully saturated rings. The van der Waals surface area contributed by atoms with Gasteiger partial charge in [-0.1, -0.05) is 0 Å². The quantitative estimate of drug-likeness (QED) is 0.538. The van der Waals surface area contributed by atoms with Crippen LogP contribution in [0, 0.1) is 5.92 Å². The maximum atomic E-state index is 11.3. The first-order valence-electron chi connectivity index (χ1n) is 5.89. The van der Waals surface area contributed by atoms with Crippen LogP contribution in [0.3, 0.4) is 0 Å². The molecule has 0 saturated heterocycles. The van der Waals surface area contributed by atoms with Crippen LogP contribution in [0.4, 0.5) is 0 Å². The van der Waals surface area contributed by atoms with Crippen LogP contribution in [0.1, 0.15) is 25.7 Å². The minimum atomic E-state index is -3.12. The monoisotopic (exact) mass is 250 g/mol. The lowest BCUT2D eigenvalue weighted by atomic mass is 10.4. The largest absolute Gasteiger partial charge is 0.381 e. The van der Waals surface area contributed by atoms with Gasteiger partial charge in [0.15, 0.2) is 0 Å². The summed E-state index contributed by atoms with van der Waals surface area (Å²) in [5.41, 5.74) is 5.25. The van der Waals surface area contributed by atoms with E-state index in [0.717, 1.165) is 18.9 Å². The van der Waals surface area contributed by atoms with Crippen molar-refractivity contribution in [1.29, 1.82) is 0 Å². The minimum absolute atomic E-state index is 0.117. The Morgan fingerprint density at radius 3 is 2.69 bits per heavy atom. The molecule has 96 valence electrons. The smallest absolute Gasteiger partial charge is 0.211 e. The van der Waals surface area contributed by atoms with E-state index in [9.17, 15) is 8.42 Å². The average molecular weight is 250 g/mol. The van der Waals surface area contributed by atoms with E-state index in [1.165, 1.54) is 12.8 Å². The molecule has 0 aliphatic heterocycles. The van der Waals surface area contributed by atoms with Gasteiger partial charge in [0, 0.05) is 19.8 Å². The second-order valence-electron chi connectivity index (χ2n) is 4.23. The molecule has 0 spiro atoms. The van der Waals surface area contributed by atoms with E-state index in [4.69, 9.17) is 10.5 Å². The summed E-state index contributed by atoms with van der Waals surface area (Å²) in [6.45, 7) is 2.33. The Morgan fingerprint density at radius 1 is 1.31 bits per heavy atom. The Balaban J connectivity index is 1.92. The van der Waals surface area contributed by atoms with Crippen LogP contribution in [0.15, 0.2) is 0 Å². The fourth-order valence-corrected chi connectivity index (χ4v) is 2.43. The van der Waals surface area contributed by atoms with Crippen molar-refractivity contribution < 1.29 is 13.2 Å². The summed E-state index contributed by atoms with van der Waals surface area (Å²) in [4.78, 5) is 0. The van der Waals surface area contributed by atoms with Crippen LogP contribution in [0.5, 0.6) is 0 Å². The van der Waals surface area contributed by atoms with Gasteiger partial charge in [0.2, 0.25) is 10.0 Å². The third-order valence-electron chi connectivity index (χ3n) is 2.46.